The molecule has 16 heavy (non-hydrogen) atoms. The molecule has 0 amide bonds. The van der Waals surface area contributed by atoms with Crippen LogP contribution in [-0.4, -0.2) is 27.9 Å². The van der Waals surface area contributed by atoms with Gasteiger partial charge in [-0.05, 0) is 11.6 Å². The average Bonchev–Trinajstić information content (AvgIpc) is 2.10. The Morgan fingerprint density at radius 1 is 1.38 bits per heavy atom. The number of nitrogens with one attached hydrogen (secondary N) is 1. The molecule has 0 atom stereocenters. The third kappa shape index (κ3) is 4.30. The number of alkyl halides is 3. The Bertz CT molecular complexity index is 384. The molecule has 0 aliphatic rings. The van der Waals surface area contributed by atoms with Crippen LogP contribution in [0.1, 0.15) is 0 Å². The minimum atomic E-state index is -4.87. The third-order valence-corrected chi connectivity index (χ3v) is 1.37. The van der Waals surface area contributed by atoms with Crippen molar-refractivity contribution in [2.75, 3.05) is 11.9 Å². The zero-order valence-electron chi connectivity index (χ0n) is 7.75. The molecule has 0 fully saturated rings. The molecule has 88 valence electrons. The fourth-order valence-corrected chi connectivity index (χ4v) is 0.876. The maximum atomic E-state index is 11.9. The van der Waals surface area contributed by atoms with Crippen LogP contribution >= 0.6 is 11.6 Å². The van der Waals surface area contributed by atoms with Gasteiger partial charge in [0.1, 0.15) is 0 Å². The van der Waals surface area contributed by atoms with Gasteiger partial charge in [-0.15, -0.1) is 19.8 Å². The molecule has 0 unspecified atom stereocenters. The molecular weight excluding hydrogens is 249 g/mol. The monoisotopic (exact) mass is 254 g/mol. The number of hydrogen-bond donors (Lipinski definition) is 1. The molecule has 0 aromatic carbocycles. The number of anilines is 1. The third-order valence-electron chi connectivity index (χ3n) is 1.20. The number of ether oxygens (including phenoxy) is 1. The summed E-state index contributed by atoms with van der Waals surface area (Å²) in [5, 5.41) is 2.15. The van der Waals surface area contributed by atoms with Crippen LogP contribution in [0.25, 0.3) is 0 Å². The van der Waals surface area contributed by atoms with Crippen molar-refractivity contribution in [1.29, 1.82) is 0 Å². The summed E-state index contributed by atoms with van der Waals surface area (Å²) in [6.45, 7) is 3.67. The first-order valence-corrected chi connectivity index (χ1v) is 4.30. The van der Waals surface area contributed by atoms with Gasteiger partial charge in [0.05, 0.1) is 0 Å². The van der Waals surface area contributed by atoms with Crippen LogP contribution in [0.15, 0.2) is 12.7 Å². The van der Waals surface area contributed by atoms with Gasteiger partial charge >= 0.3 is 12.4 Å². The molecule has 0 saturated heterocycles. The zero-order chi connectivity index (χ0) is 12.2. The second-order valence-corrected chi connectivity index (χ2v) is 2.77. The highest BCUT2D eigenvalue weighted by atomic mass is 35.5. The first kappa shape index (κ1) is 12.5. The molecule has 0 aliphatic heterocycles. The lowest BCUT2D eigenvalue weighted by Crippen LogP contribution is -2.19. The molecule has 5 nitrogen and oxygen atoms in total. The molecule has 0 aliphatic carbocycles. The van der Waals surface area contributed by atoms with Gasteiger partial charge < -0.3 is 10.1 Å². The highest BCUT2D eigenvalue weighted by molar-refractivity contribution is 6.28. The van der Waals surface area contributed by atoms with Gasteiger partial charge in [0, 0.05) is 6.54 Å². The molecular formula is C7H6ClF3N4O. The van der Waals surface area contributed by atoms with E-state index in [-0.39, 0.29) is 12.5 Å². The van der Waals surface area contributed by atoms with E-state index in [4.69, 9.17) is 11.6 Å². The molecule has 0 saturated carbocycles. The lowest BCUT2D eigenvalue weighted by molar-refractivity contribution is -0.277. The summed E-state index contributed by atoms with van der Waals surface area (Å²) >= 11 is 5.38. The molecule has 9 heteroatoms. The minimum absolute atomic E-state index is 0.126. The standard InChI is InChI=1S/C7H6ClF3N4O/c1-2-3-12-5-13-4(8)14-6(15-5)16-7(9,10)11/h2H,1,3H2,(H,12,13,14,15). The fraction of sp³-hybridized carbons (Fsp3) is 0.286. The lowest BCUT2D eigenvalue weighted by Gasteiger charge is -2.08. The highest BCUT2D eigenvalue weighted by Gasteiger charge is 2.33. The number of nitrogens with zero attached hydrogens (tertiary/aromatic N) is 3. The van der Waals surface area contributed by atoms with Gasteiger partial charge in [0.25, 0.3) is 0 Å². The Morgan fingerprint density at radius 2 is 2.06 bits per heavy atom. The molecule has 1 heterocycles. The molecule has 1 rings (SSSR count). The predicted molar refractivity (Wildman–Crippen MR) is 50.2 cm³/mol. The van der Waals surface area contributed by atoms with Gasteiger partial charge in [-0.25, -0.2) is 0 Å². The molecule has 0 radical (unpaired) electrons. The Kier molecular flexibility index (Phi) is 3.88. The second-order valence-electron chi connectivity index (χ2n) is 2.43. The summed E-state index contributed by atoms with van der Waals surface area (Å²) in [7, 11) is 0. The molecule has 1 aromatic heterocycles. The van der Waals surface area contributed by atoms with Crippen LogP contribution in [0, 0.1) is 0 Å². The van der Waals surface area contributed by atoms with E-state index < -0.39 is 17.7 Å². The average molecular weight is 255 g/mol. The maximum absolute atomic E-state index is 11.9. The van der Waals surface area contributed by atoms with E-state index in [0.29, 0.717) is 0 Å². The largest absolute Gasteiger partial charge is 0.575 e. The topological polar surface area (TPSA) is 59.9 Å². The van der Waals surface area contributed by atoms with Crippen molar-refractivity contribution in [1.82, 2.24) is 15.0 Å². The number of rotatable bonds is 4. The van der Waals surface area contributed by atoms with Crippen molar-refractivity contribution in [3.8, 4) is 6.01 Å². The van der Waals surface area contributed by atoms with Crippen LogP contribution in [0.3, 0.4) is 0 Å². The fourth-order valence-electron chi connectivity index (χ4n) is 0.724. The summed E-state index contributed by atoms with van der Waals surface area (Å²) in [6.07, 6.45) is -3.40. The summed E-state index contributed by atoms with van der Waals surface area (Å²) in [6, 6.07) is -0.918. The molecule has 0 bridgehead atoms. The Balaban J connectivity index is 2.85. The zero-order valence-corrected chi connectivity index (χ0v) is 8.51. The van der Waals surface area contributed by atoms with Crippen molar-refractivity contribution < 1.29 is 17.9 Å². The van der Waals surface area contributed by atoms with Crippen LogP contribution in [0.5, 0.6) is 6.01 Å². The SMILES string of the molecule is C=CCNc1nc(Cl)nc(OC(F)(F)F)n1. The summed E-state index contributed by atoms with van der Waals surface area (Å²) < 4.78 is 39.1. The van der Waals surface area contributed by atoms with Crippen LogP contribution in [0.2, 0.25) is 5.28 Å². The van der Waals surface area contributed by atoms with Gasteiger partial charge in [-0.2, -0.15) is 15.0 Å². The van der Waals surface area contributed by atoms with Gasteiger partial charge in [0.2, 0.25) is 11.2 Å². The second kappa shape index (κ2) is 4.97. The summed E-state index contributed by atoms with van der Waals surface area (Å²) in [5.41, 5.74) is 0. The van der Waals surface area contributed by atoms with Crippen molar-refractivity contribution >= 4 is 17.5 Å². The van der Waals surface area contributed by atoms with E-state index in [0.717, 1.165) is 0 Å². The number of halogens is 4. The molecule has 1 N–H and O–H groups in total. The summed E-state index contributed by atoms with van der Waals surface area (Å²) in [5.74, 6) is -0.126. The van der Waals surface area contributed by atoms with E-state index >= 15 is 0 Å². The maximum Gasteiger partial charge on any atom is 0.575 e. The van der Waals surface area contributed by atoms with Crippen LogP contribution < -0.4 is 10.1 Å². The van der Waals surface area contributed by atoms with Crippen molar-refractivity contribution in [3.05, 3.63) is 17.9 Å². The van der Waals surface area contributed by atoms with Gasteiger partial charge in [0.15, 0.2) is 0 Å². The Morgan fingerprint density at radius 3 is 2.62 bits per heavy atom. The predicted octanol–water partition coefficient (Wildman–Crippen LogP) is 2.02. The van der Waals surface area contributed by atoms with E-state index in [1.807, 2.05) is 0 Å². The smallest absolute Gasteiger partial charge is 0.370 e. The lowest BCUT2D eigenvalue weighted by atomic mass is 10.6. The van der Waals surface area contributed by atoms with E-state index in [1.54, 1.807) is 0 Å². The molecule has 1 aromatic rings. The van der Waals surface area contributed by atoms with E-state index in [2.05, 4.69) is 31.6 Å². The number of hydrogen-bond acceptors (Lipinski definition) is 5. The first-order chi connectivity index (χ1) is 7.40. The quantitative estimate of drug-likeness (QED) is 0.833. The van der Waals surface area contributed by atoms with Crippen molar-refractivity contribution in [2.45, 2.75) is 6.36 Å². The van der Waals surface area contributed by atoms with E-state index in [9.17, 15) is 13.2 Å². The Hall–Kier alpha value is -1.57. The van der Waals surface area contributed by atoms with Gasteiger partial charge in [-0.3, -0.25) is 0 Å². The van der Waals surface area contributed by atoms with E-state index in [1.165, 1.54) is 6.08 Å². The normalized spacial score (nSPS) is 11.0. The first-order valence-electron chi connectivity index (χ1n) is 3.93. The van der Waals surface area contributed by atoms with Crippen molar-refractivity contribution in [3.63, 3.8) is 0 Å². The minimum Gasteiger partial charge on any atom is -0.370 e. The Labute approximate surface area is 93.3 Å². The number of aromatic nitrogens is 3. The van der Waals surface area contributed by atoms with Crippen LogP contribution in [-0.2, 0) is 0 Å². The van der Waals surface area contributed by atoms with Crippen molar-refractivity contribution in [2.24, 2.45) is 0 Å². The van der Waals surface area contributed by atoms with Crippen LogP contribution in [0.4, 0.5) is 19.1 Å². The highest BCUT2D eigenvalue weighted by Crippen LogP contribution is 2.20. The van der Waals surface area contributed by atoms with Gasteiger partial charge in [-0.1, -0.05) is 6.08 Å². The summed E-state index contributed by atoms with van der Waals surface area (Å²) in [4.78, 5) is 10.0. The molecule has 0 spiro atoms.